The van der Waals surface area contributed by atoms with Gasteiger partial charge in [0.15, 0.2) is 0 Å². The predicted molar refractivity (Wildman–Crippen MR) is 110 cm³/mol. The molecule has 3 aromatic rings. The Bertz CT molecular complexity index is 1050. The third-order valence-corrected chi connectivity index (χ3v) is 7.42. The normalized spacial score (nSPS) is 27.3. The summed E-state index contributed by atoms with van der Waals surface area (Å²) in [5.74, 6) is 0.0528. The molecule has 0 spiro atoms. The van der Waals surface area contributed by atoms with Crippen molar-refractivity contribution in [2.24, 2.45) is 0 Å². The van der Waals surface area contributed by atoms with Crippen LogP contribution in [-0.2, 0) is 0 Å². The molecule has 0 amide bonds. The van der Waals surface area contributed by atoms with Crippen molar-refractivity contribution in [2.45, 2.75) is 29.1 Å². The third kappa shape index (κ3) is 2.27. The van der Waals surface area contributed by atoms with Crippen molar-refractivity contribution in [3.8, 4) is 11.3 Å². The molecule has 2 aromatic carbocycles. The summed E-state index contributed by atoms with van der Waals surface area (Å²) < 4.78 is 0. The zero-order valence-electron chi connectivity index (χ0n) is 14.7. The van der Waals surface area contributed by atoms with Crippen molar-refractivity contribution in [2.75, 3.05) is 0 Å². The summed E-state index contributed by atoms with van der Waals surface area (Å²) in [4.78, 5) is 3.30. The molecule has 0 saturated heterocycles. The Morgan fingerprint density at radius 1 is 0.963 bits per heavy atom. The number of hydrogen-bond donors (Lipinski definition) is 3. The molecule has 0 saturated carbocycles. The first-order valence-electron chi connectivity index (χ1n) is 9.45. The number of aromatic amines is 1. The van der Waals surface area contributed by atoms with Crippen LogP contribution in [0.3, 0.4) is 0 Å². The standard InChI is InChI=1S/C23H20N2OS/c26-23-21-15-7-5-14(20-4-2-10-25-20)12-18(15)22(27-23)16-8-6-13(11-17(16)21)19-3-1-9-24-19/h1-2,4-12,19,21-26H,3H2. The number of rotatable bonds is 2. The Kier molecular flexibility index (Phi) is 3.34. The average molecular weight is 372 g/mol. The Morgan fingerprint density at radius 2 is 1.89 bits per heavy atom. The maximum Gasteiger partial charge on any atom is 0.111 e. The van der Waals surface area contributed by atoms with Gasteiger partial charge in [-0.05, 0) is 64.2 Å². The molecule has 3 aliphatic heterocycles. The van der Waals surface area contributed by atoms with Crippen molar-refractivity contribution in [3.05, 3.63) is 94.8 Å². The molecular weight excluding hydrogens is 352 g/mol. The first-order chi connectivity index (χ1) is 13.3. The van der Waals surface area contributed by atoms with Gasteiger partial charge in [-0.15, -0.1) is 11.8 Å². The van der Waals surface area contributed by atoms with Crippen molar-refractivity contribution >= 4 is 11.8 Å². The van der Waals surface area contributed by atoms with Gasteiger partial charge in [0.2, 0.25) is 0 Å². The summed E-state index contributed by atoms with van der Waals surface area (Å²) in [5, 5.41) is 14.5. The highest BCUT2D eigenvalue weighted by Crippen LogP contribution is 2.58. The second-order valence-corrected chi connectivity index (χ2v) is 8.78. The fourth-order valence-electron chi connectivity index (χ4n) is 4.78. The second-order valence-electron chi connectivity index (χ2n) is 7.56. The number of H-pyrrole nitrogens is 1. The number of aliphatic hydroxyl groups excluding tert-OH is 1. The summed E-state index contributed by atoms with van der Waals surface area (Å²) in [5.41, 5.74) is 8.58. The topological polar surface area (TPSA) is 48.0 Å². The van der Waals surface area contributed by atoms with E-state index in [9.17, 15) is 5.11 Å². The lowest BCUT2D eigenvalue weighted by Crippen LogP contribution is -2.31. The fourth-order valence-corrected chi connectivity index (χ4v) is 6.22. The lowest BCUT2D eigenvalue weighted by Gasteiger charge is -2.43. The van der Waals surface area contributed by atoms with Gasteiger partial charge < -0.3 is 15.4 Å². The first kappa shape index (κ1) is 15.6. The fraction of sp³-hybridized carbons (Fsp3) is 0.217. The molecule has 4 heteroatoms. The van der Waals surface area contributed by atoms with Gasteiger partial charge in [-0.1, -0.05) is 36.4 Å². The zero-order valence-corrected chi connectivity index (χ0v) is 15.5. The van der Waals surface area contributed by atoms with Gasteiger partial charge in [-0.2, -0.15) is 0 Å². The summed E-state index contributed by atoms with van der Waals surface area (Å²) >= 11 is 1.68. The van der Waals surface area contributed by atoms with Crippen LogP contribution in [0.5, 0.6) is 0 Å². The van der Waals surface area contributed by atoms with Gasteiger partial charge in [-0.3, -0.25) is 0 Å². The molecule has 7 rings (SSSR count). The third-order valence-electron chi connectivity index (χ3n) is 6.09. The molecule has 4 heterocycles. The van der Waals surface area contributed by atoms with E-state index >= 15 is 0 Å². The van der Waals surface area contributed by atoms with Gasteiger partial charge in [-0.25, -0.2) is 0 Å². The molecule has 4 aliphatic rings. The van der Waals surface area contributed by atoms with Crippen LogP contribution >= 0.6 is 11.8 Å². The lowest BCUT2D eigenvalue weighted by molar-refractivity contribution is 0.237. The minimum absolute atomic E-state index is 0.0528. The number of aliphatic hydroxyl groups is 1. The molecule has 0 radical (unpaired) electrons. The number of benzene rings is 2. The molecule has 134 valence electrons. The molecule has 1 aromatic heterocycles. The molecule has 3 nitrogen and oxygen atoms in total. The van der Waals surface area contributed by atoms with Crippen molar-refractivity contribution < 1.29 is 5.11 Å². The van der Waals surface area contributed by atoms with Crippen LogP contribution in [0.2, 0.25) is 0 Å². The van der Waals surface area contributed by atoms with Gasteiger partial charge in [0.05, 0.1) is 11.3 Å². The summed E-state index contributed by atoms with van der Waals surface area (Å²) in [6.45, 7) is 0. The minimum atomic E-state index is -0.378. The monoisotopic (exact) mass is 372 g/mol. The number of nitrogens with one attached hydrogen (secondary N) is 2. The second kappa shape index (κ2) is 5.78. The highest BCUT2D eigenvalue weighted by atomic mass is 32.2. The van der Waals surface area contributed by atoms with Gasteiger partial charge in [0.1, 0.15) is 5.44 Å². The van der Waals surface area contributed by atoms with Crippen LogP contribution in [0, 0.1) is 0 Å². The Hall–Kier alpha value is -2.43. The maximum atomic E-state index is 10.8. The average Bonchev–Trinajstić information content (AvgIpc) is 3.41. The highest BCUT2D eigenvalue weighted by molar-refractivity contribution is 8.00. The van der Waals surface area contributed by atoms with Gasteiger partial charge >= 0.3 is 0 Å². The van der Waals surface area contributed by atoms with Gasteiger partial charge in [0.25, 0.3) is 0 Å². The quantitative estimate of drug-likeness (QED) is 0.604. The number of fused-ring (bicyclic) bond motifs is 1. The van der Waals surface area contributed by atoms with E-state index in [0.29, 0.717) is 6.04 Å². The molecule has 1 aliphatic carbocycles. The molecule has 3 N–H and O–H groups in total. The highest BCUT2D eigenvalue weighted by Gasteiger charge is 2.43. The van der Waals surface area contributed by atoms with Crippen LogP contribution < -0.4 is 5.32 Å². The summed E-state index contributed by atoms with van der Waals surface area (Å²) in [6.07, 6.45) is 7.21. The van der Waals surface area contributed by atoms with Crippen molar-refractivity contribution in [1.82, 2.24) is 10.3 Å². The van der Waals surface area contributed by atoms with Crippen LogP contribution in [0.4, 0.5) is 0 Å². The van der Waals surface area contributed by atoms with Crippen LogP contribution in [0.1, 0.15) is 51.4 Å². The van der Waals surface area contributed by atoms with E-state index in [1.54, 1.807) is 11.8 Å². The van der Waals surface area contributed by atoms with E-state index in [-0.39, 0.29) is 16.6 Å². The number of aromatic nitrogens is 1. The number of hydrogen-bond acceptors (Lipinski definition) is 3. The first-order valence-corrected chi connectivity index (χ1v) is 10.4. The SMILES string of the molecule is OC1SC2c3cc(-c4ccc[nH]4)ccc3C1c1cc(C3CC=CN3)ccc12. The Labute approximate surface area is 162 Å². The zero-order chi connectivity index (χ0) is 18.0. The van der Waals surface area contributed by atoms with E-state index in [1.807, 2.05) is 18.5 Å². The van der Waals surface area contributed by atoms with Crippen LogP contribution in [0.25, 0.3) is 11.3 Å². The van der Waals surface area contributed by atoms with E-state index in [2.05, 4.69) is 58.8 Å². The molecule has 4 unspecified atom stereocenters. The minimum Gasteiger partial charge on any atom is -0.384 e. The Balaban J connectivity index is 1.47. The van der Waals surface area contributed by atoms with Crippen LogP contribution in [-0.4, -0.2) is 15.5 Å². The van der Waals surface area contributed by atoms with E-state index in [1.165, 1.54) is 33.4 Å². The molecule has 4 atom stereocenters. The van der Waals surface area contributed by atoms with Crippen LogP contribution in [0.15, 0.2) is 67.0 Å². The van der Waals surface area contributed by atoms with E-state index < -0.39 is 0 Å². The van der Waals surface area contributed by atoms with E-state index in [0.717, 1.165) is 12.1 Å². The molecule has 0 fully saturated rings. The largest absolute Gasteiger partial charge is 0.384 e. The Morgan fingerprint density at radius 3 is 2.70 bits per heavy atom. The lowest BCUT2D eigenvalue weighted by atomic mass is 9.75. The molecule has 27 heavy (non-hydrogen) atoms. The van der Waals surface area contributed by atoms with Crippen molar-refractivity contribution in [3.63, 3.8) is 0 Å². The van der Waals surface area contributed by atoms with Gasteiger partial charge in [0, 0.05) is 17.8 Å². The maximum absolute atomic E-state index is 10.8. The number of thioether (sulfide) groups is 1. The molecular formula is C23H20N2OS. The summed E-state index contributed by atoms with van der Waals surface area (Å²) in [7, 11) is 0. The predicted octanol–water partition coefficient (Wildman–Crippen LogP) is 4.83. The molecule has 2 bridgehead atoms. The smallest absolute Gasteiger partial charge is 0.111 e. The summed E-state index contributed by atoms with van der Waals surface area (Å²) in [6, 6.07) is 18.0. The van der Waals surface area contributed by atoms with E-state index in [4.69, 9.17) is 0 Å². The van der Waals surface area contributed by atoms with Crippen molar-refractivity contribution in [1.29, 1.82) is 0 Å².